The number of carbonyl (C=O) groups is 1. The van der Waals surface area contributed by atoms with Gasteiger partial charge in [0.2, 0.25) is 5.91 Å². The third-order valence-electron chi connectivity index (χ3n) is 3.41. The molecular formula is C16H15F2NO4S. The van der Waals surface area contributed by atoms with E-state index in [1.54, 1.807) is 0 Å². The second-order valence-electron chi connectivity index (χ2n) is 4.98. The van der Waals surface area contributed by atoms with E-state index in [4.69, 9.17) is 4.74 Å². The first kappa shape index (κ1) is 17.9. The molecule has 2 aromatic carbocycles. The molecule has 2 rings (SSSR count). The first-order valence-electron chi connectivity index (χ1n) is 6.89. The minimum Gasteiger partial charge on any atom is -0.497 e. The van der Waals surface area contributed by atoms with E-state index in [-0.39, 0.29) is 4.90 Å². The van der Waals surface area contributed by atoms with Crippen LogP contribution in [-0.4, -0.2) is 26.7 Å². The van der Waals surface area contributed by atoms with E-state index >= 15 is 0 Å². The first-order valence-corrected chi connectivity index (χ1v) is 8.44. The fraction of sp³-hybridized carbons (Fsp3) is 0.188. The van der Waals surface area contributed by atoms with Crippen LogP contribution in [0.15, 0.2) is 47.4 Å². The zero-order chi connectivity index (χ0) is 17.9. The number of amides is 1. The third kappa shape index (κ3) is 3.70. The highest BCUT2D eigenvalue weighted by Crippen LogP contribution is 2.22. The molecule has 1 N–H and O–H groups in total. The molecule has 1 atom stereocenters. The Balaban J connectivity index is 2.23. The van der Waals surface area contributed by atoms with Crippen molar-refractivity contribution in [1.29, 1.82) is 0 Å². The topological polar surface area (TPSA) is 72.5 Å². The Labute approximate surface area is 138 Å². The van der Waals surface area contributed by atoms with Crippen LogP contribution in [0.3, 0.4) is 0 Å². The highest BCUT2D eigenvalue weighted by molar-refractivity contribution is 7.92. The third-order valence-corrected chi connectivity index (χ3v) is 5.48. The minimum atomic E-state index is -3.99. The van der Waals surface area contributed by atoms with E-state index in [9.17, 15) is 22.0 Å². The molecule has 0 saturated carbocycles. The molecular weight excluding hydrogens is 340 g/mol. The second-order valence-corrected chi connectivity index (χ2v) is 7.24. The van der Waals surface area contributed by atoms with E-state index < -0.39 is 38.3 Å². The Bertz CT molecular complexity index is 851. The Morgan fingerprint density at radius 1 is 1.12 bits per heavy atom. The Kier molecular flexibility index (Phi) is 5.18. The summed E-state index contributed by atoms with van der Waals surface area (Å²) in [4.78, 5) is 12.0. The van der Waals surface area contributed by atoms with Gasteiger partial charge in [-0.15, -0.1) is 0 Å². The van der Waals surface area contributed by atoms with Crippen molar-refractivity contribution in [3.63, 3.8) is 0 Å². The Morgan fingerprint density at radius 2 is 1.75 bits per heavy atom. The quantitative estimate of drug-likeness (QED) is 0.895. The molecule has 0 aliphatic carbocycles. The van der Waals surface area contributed by atoms with Gasteiger partial charge in [-0.3, -0.25) is 4.79 Å². The van der Waals surface area contributed by atoms with Gasteiger partial charge < -0.3 is 10.1 Å². The van der Waals surface area contributed by atoms with Gasteiger partial charge in [-0.1, -0.05) is 0 Å². The van der Waals surface area contributed by atoms with Crippen molar-refractivity contribution in [2.45, 2.75) is 17.1 Å². The average Bonchev–Trinajstić information content (AvgIpc) is 2.57. The molecule has 1 amide bonds. The molecule has 0 heterocycles. The number of sulfone groups is 1. The summed E-state index contributed by atoms with van der Waals surface area (Å²) >= 11 is 0. The molecule has 0 aliphatic rings. The SMILES string of the molecule is COc1ccc(S(=O)(=O)C(C)C(=O)Nc2cc(F)ccc2F)cc1. The van der Waals surface area contributed by atoms with E-state index in [0.29, 0.717) is 5.75 Å². The van der Waals surface area contributed by atoms with Crippen molar-refractivity contribution in [2.24, 2.45) is 0 Å². The number of hydrogen-bond acceptors (Lipinski definition) is 4. The molecule has 24 heavy (non-hydrogen) atoms. The van der Waals surface area contributed by atoms with Crippen LogP contribution in [0.1, 0.15) is 6.92 Å². The fourth-order valence-electron chi connectivity index (χ4n) is 1.94. The van der Waals surface area contributed by atoms with Crippen LogP contribution in [0.25, 0.3) is 0 Å². The van der Waals surface area contributed by atoms with Crippen molar-refractivity contribution in [2.75, 3.05) is 12.4 Å². The van der Waals surface area contributed by atoms with Gasteiger partial charge >= 0.3 is 0 Å². The predicted octanol–water partition coefficient (Wildman–Crippen LogP) is 2.77. The lowest BCUT2D eigenvalue weighted by Crippen LogP contribution is -2.33. The summed E-state index contributed by atoms with van der Waals surface area (Å²) in [6.07, 6.45) is 0. The maximum absolute atomic E-state index is 13.6. The normalized spacial score (nSPS) is 12.5. The maximum atomic E-state index is 13.6. The molecule has 1 unspecified atom stereocenters. The standard InChI is InChI=1S/C16H15F2NO4S/c1-10(16(20)19-15-9-11(17)3-8-14(15)18)24(21,22)13-6-4-12(23-2)5-7-13/h3-10H,1-2H3,(H,19,20). The Hall–Kier alpha value is -2.48. The summed E-state index contributed by atoms with van der Waals surface area (Å²) in [6, 6.07) is 8.02. The van der Waals surface area contributed by atoms with Gasteiger partial charge in [0.1, 0.15) is 22.6 Å². The summed E-state index contributed by atoms with van der Waals surface area (Å²) < 4.78 is 56.5. The van der Waals surface area contributed by atoms with Crippen molar-refractivity contribution in [3.8, 4) is 5.75 Å². The van der Waals surface area contributed by atoms with Crippen LogP contribution >= 0.6 is 0 Å². The number of hydrogen-bond donors (Lipinski definition) is 1. The molecule has 0 radical (unpaired) electrons. The van der Waals surface area contributed by atoms with Gasteiger partial charge in [0.25, 0.3) is 0 Å². The Morgan fingerprint density at radius 3 is 2.33 bits per heavy atom. The van der Waals surface area contributed by atoms with Crippen molar-refractivity contribution >= 4 is 21.4 Å². The zero-order valence-corrected chi connectivity index (χ0v) is 13.7. The lowest BCUT2D eigenvalue weighted by molar-refractivity contribution is -0.115. The zero-order valence-electron chi connectivity index (χ0n) is 12.9. The predicted molar refractivity (Wildman–Crippen MR) is 84.6 cm³/mol. The molecule has 0 aromatic heterocycles. The van der Waals surface area contributed by atoms with Crippen LogP contribution in [0.5, 0.6) is 5.75 Å². The average molecular weight is 355 g/mol. The highest BCUT2D eigenvalue weighted by atomic mass is 32.2. The van der Waals surface area contributed by atoms with Crippen molar-refractivity contribution in [1.82, 2.24) is 0 Å². The maximum Gasteiger partial charge on any atom is 0.242 e. The minimum absolute atomic E-state index is 0.0781. The van der Waals surface area contributed by atoms with Crippen LogP contribution < -0.4 is 10.1 Å². The van der Waals surface area contributed by atoms with Crippen molar-refractivity contribution in [3.05, 3.63) is 54.1 Å². The number of rotatable bonds is 5. The van der Waals surface area contributed by atoms with Gasteiger partial charge in [-0.2, -0.15) is 0 Å². The summed E-state index contributed by atoms with van der Waals surface area (Å²) in [5.41, 5.74) is -0.420. The molecule has 8 heteroatoms. The molecule has 0 saturated heterocycles. The number of nitrogens with one attached hydrogen (secondary N) is 1. The molecule has 0 fully saturated rings. The van der Waals surface area contributed by atoms with Gasteiger partial charge in [0.05, 0.1) is 17.7 Å². The van der Waals surface area contributed by atoms with Crippen LogP contribution in [0, 0.1) is 11.6 Å². The molecule has 0 bridgehead atoms. The molecule has 0 aliphatic heterocycles. The molecule has 5 nitrogen and oxygen atoms in total. The summed E-state index contributed by atoms with van der Waals surface area (Å²) in [5.74, 6) is -2.11. The molecule has 128 valence electrons. The lowest BCUT2D eigenvalue weighted by atomic mass is 10.3. The monoisotopic (exact) mass is 355 g/mol. The summed E-state index contributed by atoms with van der Waals surface area (Å²) in [6.45, 7) is 1.17. The summed E-state index contributed by atoms with van der Waals surface area (Å²) in [5, 5.41) is 0.599. The fourth-order valence-corrected chi connectivity index (χ4v) is 3.20. The van der Waals surface area contributed by atoms with E-state index in [1.807, 2.05) is 0 Å². The van der Waals surface area contributed by atoms with Crippen LogP contribution in [-0.2, 0) is 14.6 Å². The number of methoxy groups -OCH3 is 1. The highest BCUT2D eigenvalue weighted by Gasteiger charge is 2.30. The number of halogens is 2. The van der Waals surface area contributed by atoms with Gasteiger partial charge in [-0.25, -0.2) is 17.2 Å². The smallest absolute Gasteiger partial charge is 0.242 e. The second kappa shape index (κ2) is 6.96. The van der Waals surface area contributed by atoms with Crippen molar-refractivity contribution < 1.29 is 26.7 Å². The van der Waals surface area contributed by atoms with Gasteiger partial charge in [-0.05, 0) is 43.3 Å². The number of carbonyl (C=O) groups excluding carboxylic acids is 1. The van der Waals surface area contributed by atoms with Gasteiger partial charge in [0, 0.05) is 6.07 Å². The lowest BCUT2D eigenvalue weighted by Gasteiger charge is -2.14. The first-order chi connectivity index (χ1) is 11.3. The van der Waals surface area contributed by atoms with E-state index in [1.165, 1.54) is 38.3 Å². The number of anilines is 1. The van der Waals surface area contributed by atoms with Crippen LogP contribution in [0.4, 0.5) is 14.5 Å². The summed E-state index contributed by atoms with van der Waals surface area (Å²) in [7, 11) is -2.55. The molecule has 0 spiro atoms. The van der Waals surface area contributed by atoms with Gasteiger partial charge in [0.15, 0.2) is 9.84 Å². The van der Waals surface area contributed by atoms with Crippen LogP contribution in [0.2, 0.25) is 0 Å². The van der Waals surface area contributed by atoms with E-state index in [0.717, 1.165) is 18.2 Å². The number of ether oxygens (including phenoxy) is 1. The van der Waals surface area contributed by atoms with E-state index in [2.05, 4.69) is 5.32 Å². The number of benzene rings is 2. The molecule has 2 aromatic rings. The largest absolute Gasteiger partial charge is 0.497 e.